The first-order valence-corrected chi connectivity index (χ1v) is 9.17. The van der Waals surface area contributed by atoms with Gasteiger partial charge in [-0.1, -0.05) is 13.3 Å². The Balaban J connectivity index is 2.63. The van der Waals surface area contributed by atoms with Gasteiger partial charge in [0.1, 0.15) is 0 Å². The third kappa shape index (κ3) is 4.49. The van der Waals surface area contributed by atoms with Crippen LogP contribution in [0.3, 0.4) is 0 Å². The van der Waals surface area contributed by atoms with Crippen LogP contribution in [0, 0.1) is 0 Å². The monoisotopic (exact) mass is 392 g/mol. The number of carbonyl (C=O) groups is 2. The Bertz CT molecular complexity index is 747. The van der Waals surface area contributed by atoms with Crippen molar-refractivity contribution in [3.05, 3.63) is 29.0 Å². The molecule has 1 unspecified atom stereocenters. The third-order valence-electron chi connectivity index (χ3n) is 4.24. The van der Waals surface area contributed by atoms with Crippen molar-refractivity contribution in [2.75, 3.05) is 21.3 Å². The van der Waals surface area contributed by atoms with E-state index < -0.39 is 12.0 Å². The Morgan fingerprint density at radius 1 is 1.11 bits per heavy atom. The Labute approximate surface area is 165 Å². The number of methoxy groups -OCH3 is 3. The lowest BCUT2D eigenvalue weighted by atomic mass is 9.93. The second-order valence-electron chi connectivity index (χ2n) is 6.59. The zero-order chi connectivity index (χ0) is 20.8. The molecule has 1 atom stereocenters. The van der Waals surface area contributed by atoms with Crippen LogP contribution in [0.25, 0.3) is 0 Å². The maximum absolute atomic E-state index is 12.9. The normalized spacial score (nSPS) is 16.4. The summed E-state index contributed by atoms with van der Waals surface area (Å²) in [6.07, 6.45) is 1.01. The number of hydrogen-bond donors (Lipinski definition) is 2. The van der Waals surface area contributed by atoms with Gasteiger partial charge in [-0.15, -0.1) is 0 Å². The predicted molar refractivity (Wildman–Crippen MR) is 104 cm³/mol. The van der Waals surface area contributed by atoms with Crippen LogP contribution in [0.5, 0.6) is 17.2 Å². The molecule has 154 valence electrons. The Hall–Kier alpha value is -2.90. The molecule has 2 amide bonds. The van der Waals surface area contributed by atoms with Gasteiger partial charge in [-0.3, -0.25) is 0 Å². The molecule has 2 rings (SSSR count). The number of amides is 2. The topological polar surface area (TPSA) is 95.1 Å². The Morgan fingerprint density at radius 2 is 1.71 bits per heavy atom. The van der Waals surface area contributed by atoms with E-state index in [1.54, 1.807) is 26.0 Å². The molecule has 1 heterocycles. The SMILES string of the molecule is CCCC1=C(C(=O)OC(C)C)C(c2cc(OC)c(OC)c(OC)c2)NC(=O)N1. The first kappa shape index (κ1) is 21.4. The van der Waals surface area contributed by atoms with Gasteiger partial charge in [0, 0.05) is 5.70 Å². The fourth-order valence-electron chi connectivity index (χ4n) is 3.10. The van der Waals surface area contributed by atoms with Crippen molar-refractivity contribution in [3.63, 3.8) is 0 Å². The lowest BCUT2D eigenvalue weighted by Crippen LogP contribution is -2.46. The van der Waals surface area contributed by atoms with Crippen molar-refractivity contribution in [2.45, 2.75) is 45.8 Å². The molecule has 1 aromatic rings. The molecule has 8 heteroatoms. The van der Waals surface area contributed by atoms with Gasteiger partial charge in [0.25, 0.3) is 0 Å². The van der Waals surface area contributed by atoms with E-state index in [9.17, 15) is 9.59 Å². The summed E-state index contributed by atoms with van der Waals surface area (Å²) in [5.41, 5.74) is 1.54. The molecular formula is C20H28N2O6. The average molecular weight is 392 g/mol. The first-order valence-electron chi connectivity index (χ1n) is 9.17. The summed E-state index contributed by atoms with van der Waals surface area (Å²) < 4.78 is 21.6. The molecule has 0 spiro atoms. The number of ether oxygens (including phenoxy) is 4. The fraction of sp³-hybridized carbons (Fsp3) is 0.500. The number of nitrogens with one attached hydrogen (secondary N) is 2. The van der Waals surface area contributed by atoms with Gasteiger partial charge in [-0.05, 0) is 38.0 Å². The molecule has 1 aliphatic heterocycles. The van der Waals surface area contributed by atoms with Gasteiger partial charge in [0.2, 0.25) is 5.75 Å². The van der Waals surface area contributed by atoms with Gasteiger partial charge in [-0.2, -0.15) is 0 Å². The van der Waals surface area contributed by atoms with E-state index in [4.69, 9.17) is 18.9 Å². The fourth-order valence-corrected chi connectivity index (χ4v) is 3.10. The van der Waals surface area contributed by atoms with E-state index in [1.807, 2.05) is 6.92 Å². The molecule has 28 heavy (non-hydrogen) atoms. The molecule has 0 saturated heterocycles. The largest absolute Gasteiger partial charge is 0.493 e. The summed E-state index contributed by atoms with van der Waals surface area (Å²) in [5, 5.41) is 5.55. The second-order valence-corrected chi connectivity index (χ2v) is 6.59. The van der Waals surface area contributed by atoms with E-state index >= 15 is 0 Å². The van der Waals surface area contributed by atoms with Gasteiger partial charge in [0.05, 0.1) is 39.0 Å². The van der Waals surface area contributed by atoms with Crippen molar-refractivity contribution in [1.82, 2.24) is 10.6 Å². The van der Waals surface area contributed by atoms with Crippen LogP contribution in [-0.4, -0.2) is 39.4 Å². The number of urea groups is 1. The van der Waals surface area contributed by atoms with Crippen LogP contribution in [0.4, 0.5) is 4.79 Å². The van der Waals surface area contributed by atoms with Gasteiger partial charge in [-0.25, -0.2) is 9.59 Å². The Morgan fingerprint density at radius 3 is 2.18 bits per heavy atom. The molecule has 0 radical (unpaired) electrons. The average Bonchev–Trinajstić information content (AvgIpc) is 2.65. The predicted octanol–water partition coefficient (Wildman–Crippen LogP) is 3.07. The van der Waals surface area contributed by atoms with E-state index in [2.05, 4.69) is 10.6 Å². The summed E-state index contributed by atoms with van der Waals surface area (Å²) in [5.74, 6) is 0.805. The van der Waals surface area contributed by atoms with E-state index in [-0.39, 0.29) is 12.1 Å². The van der Waals surface area contributed by atoms with Crippen LogP contribution in [0.1, 0.15) is 45.2 Å². The molecule has 0 aromatic heterocycles. The molecule has 8 nitrogen and oxygen atoms in total. The van der Waals surface area contributed by atoms with Gasteiger partial charge in [0.15, 0.2) is 11.5 Å². The highest BCUT2D eigenvalue weighted by molar-refractivity contribution is 5.95. The molecule has 0 fully saturated rings. The first-order chi connectivity index (χ1) is 13.4. The van der Waals surface area contributed by atoms with Crippen LogP contribution >= 0.6 is 0 Å². The summed E-state index contributed by atoms with van der Waals surface area (Å²) >= 11 is 0. The quantitative estimate of drug-likeness (QED) is 0.660. The smallest absolute Gasteiger partial charge is 0.338 e. The highest BCUT2D eigenvalue weighted by Crippen LogP contribution is 2.41. The summed E-state index contributed by atoms with van der Waals surface area (Å²) in [6, 6.07) is 2.33. The van der Waals surface area contributed by atoms with E-state index in [0.29, 0.717) is 40.5 Å². The molecule has 0 bridgehead atoms. The summed E-state index contributed by atoms with van der Waals surface area (Å²) in [6.45, 7) is 5.53. The molecule has 1 aromatic carbocycles. The summed E-state index contributed by atoms with van der Waals surface area (Å²) in [4.78, 5) is 25.1. The highest BCUT2D eigenvalue weighted by Gasteiger charge is 2.35. The number of carbonyl (C=O) groups excluding carboxylic acids is 2. The van der Waals surface area contributed by atoms with E-state index in [1.165, 1.54) is 21.3 Å². The maximum atomic E-state index is 12.9. The van der Waals surface area contributed by atoms with Gasteiger partial charge < -0.3 is 29.6 Å². The number of esters is 1. The standard InChI is InChI=1S/C20H28N2O6/c1-7-8-13-16(19(23)28-11(2)3)17(22-20(24)21-13)12-9-14(25-4)18(27-6)15(10-12)26-5/h9-11,17H,7-8H2,1-6H3,(H2,21,22,24). The van der Waals surface area contributed by atoms with E-state index in [0.717, 1.165) is 6.42 Å². The number of rotatable bonds is 8. The van der Waals surface area contributed by atoms with Crippen LogP contribution < -0.4 is 24.8 Å². The molecule has 0 saturated carbocycles. The minimum Gasteiger partial charge on any atom is -0.493 e. The lowest BCUT2D eigenvalue weighted by Gasteiger charge is -2.30. The van der Waals surface area contributed by atoms with Gasteiger partial charge >= 0.3 is 12.0 Å². The van der Waals surface area contributed by atoms with Crippen molar-refractivity contribution < 1.29 is 28.5 Å². The zero-order valence-corrected chi connectivity index (χ0v) is 17.2. The molecule has 1 aliphatic rings. The van der Waals surface area contributed by atoms with Crippen LogP contribution in [0.2, 0.25) is 0 Å². The minimum absolute atomic E-state index is 0.291. The Kier molecular flexibility index (Phi) is 7.14. The van der Waals surface area contributed by atoms with Crippen molar-refractivity contribution in [1.29, 1.82) is 0 Å². The van der Waals surface area contributed by atoms with Crippen molar-refractivity contribution >= 4 is 12.0 Å². The molecule has 2 N–H and O–H groups in total. The number of benzene rings is 1. The number of allylic oxidation sites excluding steroid dienone is 1. The van der Waals surface area contributed by atoms with Crippen LogP contribution in [-0.2, 0) is 9.53 Å². The molecule has 0 aliphatic carbocycles. The zero-order valence-electron chi connectivity index (χ0n) is 17.2. The second kappa shape index (κ2) is 9.34. The maximum Gasteiger partial charge on any atom is 0.338 e. The molecular weight excluding hydrogens is 364 g/mol. The minimum atomic E-state index is -0.713. The summed E-state index contributed by atoms with van der Waals surface area (Å²) in [7, 11) is 4.53. The third-order valence-corrected chi connectivity index (χ3v) is 4.24. The van der Waals surface area contributed by atoms with Crippen molar-refractivity contribution in [2.24, 2.45) is 0 Å². The number of hydrogen-bond acceptors (Lipinski definition) is 6. The lowest BCUT2D eigenvalue weighted by molar-refractivity contribution is -0.143. The highest BCUT2D eigenvalue weighted by atomic mass is 16.5. The van der Waals surface area contributed by atoms with Crippen LogP contribution in [0.15, 0.2) is 23.4 Å². The van der Waals surface area contributed by atoms with Crippen molar-refractivity contribution in [3.8, 4) is 17.2 Å².